The molecule has 9 heteroatoms. The van der Waals surface area contributed by atoms with E-state index in [1.165, 1.54) is 23.4 Å². The van der Waals surface area contributed by atoms with Crippen molar-refractivity contribution in [3.63, 3.8) is 0 Å². The van der Waals surface area contributed by atoms with Crippen LogP contribution in [0.2, 0.25) is 0 Å². The lowest BCUT2D eigenvalue weighted by atomic mass is 10.1. The fourth-order valence-electron chi connectivity index (χ4n) is 2.55. The van der Waals surface area contributed by atoms with Gasteiger partial charge < -0.3 is 4.74 Å². The molecule has 0 N–H and O–H groups in total. The highest BCUT2D eigenvalue weighted by atomic mass is 32.2. The zero-order valence-corrected chi connectivity index (χ0v) is 13.5. The molecular weight excluding hydrogens is 324 g/mol. The molecule has 8 nitrogen and oxygen atoms in total. The lowest BCUT2D eigenvalue weighted by Crippen LogP contribution is -2.46. The molecule has 0 amide bonds. The summed E-state index contributed by atoms with van der Waals surface area (Å²) in [5.74, 6) is -0.455. The van der Waals surface area contributed by atoms with Crippen molar-refractivity contribution in [2.75, 3.05) is 13.2 Å². The lowest BCUT2D eigenvalue weighted by Gasteiger charge is -2.34. The highest BCUT2D eigenvalue weighted by molar-refractivity contribution is 7.89. The van der Waals surface area contributed by atoms with E-state index in [9.17, 15) is 23.3 Å². The van der Waals surface area contributed by atoms with E-state index in [2.05, 4.69) is 0 Å². The molecule has 0 radical (unpaired) electrons. The van der Waals surface area contributed by atoms with Crippen LogP contribution in [0.25, 0.3) is 0 Å². The van der Waals surface area contributed by atoms with Crippen molar-refractivity contribution in [3.05, 3.63) is 34.4 Å². The van der Waals surface area contributed by atoms with E-state index in [1.807, 2.05) is 0 Å². The average Bonchev–Trinajstić information content (AvgIpc) is 2.53. The van der Waals surface area contributed by atoms with Crippen LogP contribution in [0, 0.1) is 10.1 Å². The molecule has 1 aliphatic rings. The summed E-state index contributed by atoms with van der Waals surface area (Å²) in [5, 5.41) is 10.7. The highest BCUT2D eigenvalue weighted by Crippen LogP contribution is 2.26. The average molecular weight is 342 g/mol. The number of piperidine rings is 1. The molecule has 126 valence electrons. The van der Waals surface area contributed by atoms with E-state index in [-0.39, 0.29) is 17.2 Å². The van der Waals surface area contributed by atoms with E-state index in [1.54, 1.807) is 0 Å². The zero-order valence-electron chi connectivity index (χ0n) is 12.7. The highest BCUT2D eigenvalue weighted by Gasteiger charge is 2.34. The predicted octanol–water partition coefficient (Wildman–Crippen LogP) is 1.70. The Morgan fingerprint density at radius 2 is 2.00 bits per heavy atom. The van der Waals surface area contributed by atoms with E-state index in [4.69, 9.17) is 4.74 Å². The summed E-state index contributed by atoms with van der Waals surface area (Å²) >= 11 is 0. The first kappa shape index (κ1) is 17.4. The normalized spacial score (nSPS) is 19.3. The van der Waals surface area contributed by atoms with Gasteiger partial charge in [0.1, 0.15) is 6.61 Å². The summed E-state index contributed by atoms with van der Waals surface area (Å²) in [6.45, 7) is 1.63. The minimum absolute atomic E-state index is 0.00201. The van der Waals surface area contributed by atoms with Crippen LogP contribution < -0.4 is 0 Å². The van der Waals surface area contributed by atoms with Crippen molar-refractivity contribution in [1.82, 2.24) is 4.31 Å². The Labute approximate surface area is 134 Å². The second-order valence-corrected chi connectivity index (χ2v) is 7.21. The van der Waals surface area contributed by atoms with Gasteiger partial charge in [0, 0.05) is 25.6 Å². The van der Waals surface area contributed by atoms with Gasteiger partial charge in [-0.15, -0.1) is 0 Å². The molecule has 0 aromatic heterocycles. The Kier molecular flexibility index (Phi) is 5.32. The van der Waals surface area contributed by atoms with Gasteiger partial charge in [0.25, 0.3) is 5.69 Å². The van der Waals surface area contributed by atoms with Crippen LogP contribution in [-0.2, 0) is 19.6 Å². The number of nitro benzene ring substituents is 1. The van der Waals surface area contributed by atoms with Gasteiger partial charge in [-0.3, -0.25) is 14.9 Å². The summed E-state index contributed by atoms with van der Waals surface area (Å²) in [6.07, 6.45) is 2.19. The zero-order chi connectivity index (χ0) is 17.0. The molecule has 1 saturated heterocycles. The molecule has 23 heavy (non-hydrogen) atoms. The first-order valence-electron chi connectivity index (χ1n) is 7.22. The maximum Gasteiger partial charge on any atom is 0.302 e. The quantitative estimate of drug-likeness (QED) is 0.458. The van der Waals surface area contributed by atoms with Crippen LogP contribution in [-0.4, -0.2) is 42.8 Å². The third-order valence-electron chi connectivity index (χ3n) is 3.71. The Hall–Kier alpha value is -2.00. The molecule has 1 aliphatic heterocycles. The van der Waals surface area contributed by atoms with Crippen LogP contribution in [0.15, 0.2) is 29.2 Å². The topological polar surface area (TPSA) is 107 Å². The number of hydrogen-bond acceptors (Lipinski definition) is 6. The van der Waals surface area contributed by atoms with Crippen LogP contribution in [0.5, 0.6) is 0 Å². The van der Waals surface area contributed by atoms with Crippen LogP contribution in [0.1, 0.15) is 26.2 Å². The van der Waals surface area contributed by atoms with E-state index in [0.29, 0.717) is 13.0 Å². The molecule has 0 bridgehead atoms. The Balaban J connectivity index is 2.24. The minimum atomic E-state index is -3.78. The molecule has 2 rings (SSSR count). The largest absolute Gasteiger partial charge is 0.464 e. The number of non-ortho nitro benzene ring substituents is 1. The number of nitro groups is 1. The molecule has 1 heterocycles. The van der Waals surface area contributed by atoms with Crippen LogP contribution >= 0.6 is 0 Å². The summed E-state index contributed by atoms with van der Waals surface area (Å²) in [7, 11) is -3.78. The fraction of sp³-hybridized carbons (Fsp3) is 0.500. The molecule has 1 aromatic carbocycles. The number of carbonyl (C=O) groups excluding carboxylic acids is 1. The van der Waals surface area contributed by atoms with E-state index < -0.39 is 27.0 Å². The van der Waals surface area contributed by atoms with Gasteiger partial charge in [-0.1, -0.05) is 6.42 Å². The number of nitrogens with zero attached hydrogens (tertiary/aromatic N) is 2. The van der Waals surface area contributed by atoms with Gasteiger partial charge in [0.2, 0.25) is 10.0 Å². The molecule has 1 atom stereocenters. The Morgan fingerprint density at radius 3 is 2.57 bits per heavy atom. The minimum Gasteiger partial charge on any atom is -0.464 e. The molecule has 1 fully saturated rings. The first-order chi connectivity index (χ1) is 10.8. The van der Waals surface area contributed by atoms with Gasteiger partial charge in [0.05, 0.1) is 15.9 Å². The maximum atomic E-state index is 12.7. The first-order valence-corrected chi connectivity index (χ1v) is 8.66. The van der Waals surface area contributed by atoms with Gasteiger partial charge in [-0.2, -0.15) is 4.31 Å². The Bertz CT molecular complexity index is 686. The second kappa shape index (κ2) is 7.05. The molecule has 1 unspecified atom stereocenters. The number of sulfonamides is 1. The predicted molar refractivity (Wildman–Crippen MR) is 81.3 cm³/mol. The number of rotatable bonds is 5. The molecule has 0 aliphatic carbocycles. The summed E-state index contributed by atoms with van der Waals surface area (Å²) < 4.78 is 31.8. The maximum absolute atomic E-state index is 12.7. The smallest absolute Gasteiger partial charge is 0.302 e. The summed E-state index contributed by atoms with van der Waals surface area (Å²) in [5.41, 5.74) is -0.168. The number of esters is 1. The molecule has 0 spiro atoms. The number of carbonyl (C=O) groups is 1. The SMILES string of the molecule is CC(=O)OCC1CCCCN1S(=O)(=O)c1ccc([N+](=O)[O-])cc1. The summed E-state index contributed by atoms with van der Waals surface area (Å²) in [4.78, 5) is 21.0. The van der Waals surface area contributed by atoms with Crippen molar-refractivity contribution in [2.45, 2.75) is 37.1 Å². The van der Waals surface area contributed by atoms with E-state index >= 15 is 0 Å². The van der Waals surface area contributed by atoms with Crippen molar-refractivity contribution in [2.24, 2.45) is 0 Å². The molecular formula is C14H18N2O6S. The monoisotopic (exact) mass is 342 g/mol. The third kappa shape index (κ3) is 4.05. The van der Waals surface area contributed by atoms with Crippen LogP contribution in [0.4, 0.5) is 5.69 Å². The van der Waals surface area contributed by atoms with Crippen LogP contribution in [0.3, 0.4) is 0 Å². The van der Waals surface area contributed by atoms with Gasteiger partial charge >= 0.3 is 5.97 Å². The molecule has 1 aromatic rings. The third-order valence-corrected chi connectivity index (χ3v) is 5.67. The van der Waals surface area contributed by atoms with E-state index in [0.717, 1.165) is 25.0 Å². The number of hydrogen-bond donors (Lipinski definition) is 0. The second-order valence-electron chi connectivity index (χ2n) is 5.32. The Morgan fingerprint density at radius 1 is 1.35 bits per heavy atom. The van der Waals surface area contributed by atoms with Gasteiger partial charge in [-0.25, -0.2) is 8.42 Å². The summed E-state index contributed by atoms with van der Waals surface area (Å²) in [6, 6.07) is 4.37. The lowest BCUT2D eigenvalue weighted by molar-refractivity contribution is -0.384. The van der Waals surface area contributed by atoms with Crippen molar-refractivity contribution < 1.29 is 22.9 Å². The van der Waals surface area contributed by atoms with Gasteiger partial charge in [-0.05, 0) is 25.0 Å². The van der Waals surface area contributed by atoms with Crippen molar-refractivity contribution in [3.8, 4) is 0 Å². The number of ether oxygens (including phenoxy) is 1. The van der Waals surface area contributed by atoms with Crippen molar-refractivity contribution in [1.29, 1.82) is 0 Å². The fourth-order valence-corrected chi connectivity index (χ4v) is 4.22. The van der Waals surface area contributed by atoms with Gasteiger partial charge in [0.15, 0.2) is 0 Å². The van der Waals surface area contributed by atoms with Crippen molar-refractivity contribution >= 4 is 21.7 Å². The number of benzene rings is 1. The standard InChI is InChI=1S/C14H18N2O6S/c1-11(17)22-10-13-4-2-3-9-15(13)23(20,21)14-7-5-12(6-8-14)16(18)19/h5-8,13H,2-4,9-10H2,1H3. The molecule has 0 saturated carbocycles.